The molecule has 3 heterocycles. The third-order valence-corrected chi connectivity index (χ3v) is 7.39. The molecule has 0 spiro atoms. The molecule has 0 aliphatic carbocycles. The summed E-state index contributed by atoms with van der Waals surface area (Å²) in [7, 11) is -3.23. The van der Waals surface area contributed by atoms with Crippen molar-refractivity contribution >= 4 is 49.1 Å². The van der Waals surface area contributed by atoms with Crippen LogP contribution in [0.3, 0.4) is 0 Å². The van der Waals surface area contributed by atoms with Crippen LogP contribution in [0.15, 0.2) is 30.3 Å². The third kappa shape index (κ3) is 4.39. The van der Waals surface area contributed by atoms with Crippen LogP contribution in [0.25, 0.3) is 15.9 Å². The maximum Gasteiger partial charge on any atom is 0.264 e. The second kappa shape index (κ2) is 8.30. The SMILES string of the molecule is Cc1nn(-c2ccccc2Cl)c2sc(C(=O)N3CCCC(CNS(C)(=O)=O)C3)cc12. The number of para-hydroxylation sites is 1. The molecule has 2 aromatic heterocycles. The van der Waals surface area contributed by atoms with Gasteiger partial charge in [0.2, 0.25) is 10.0 Å². The van der Waals surface area contributed by atoms with Gasteiger partial charge >= 0.3 is 0 Å². The van der Waals surface area contributed by atoms with E-state index >= 15 is 0 Å². The first-order chi connectivity index (χ1) is 14.2. The first-order valence-corrected chi connectivity index (χ1v) is 12.8. The number of fused-ring (bicyclic) bond motifs is 1. The number of aromatic nitrogens is 2. The van der Waals surface area contributed by atoms with Crippen molar-refractivity contribution < 1.29 is 13.2 Å². The zero-order valence-electron chi connectivity index (χ0n) is 16.8. The average Bonchev–Trinajstić information content (AvgIpc) is 3.27. The van der Waals surface area contributed by atoms with Gasteiger partial charge in [0.05, 0.1) is 27.5 Å². The average molecular weight is 467 g/mol. The lowest BCUT2D eigenvalue weighted by Gasteiger charge is -2.32. The van der Waals surface area contributed by atoms with Gasteiger partial charge in [-0.2, -0.15) is 5.10 Å². The first-order valence-electron chi connectivity index (χ1n) is 9.71. The Hall–Kier alpha value is -1.94. The molecular weight excluding hydrogens is 444 g/mol. The maximum absolute atomic E-state index is 13.2. The highest BCUT2D eigenvalue weighted by Gasteiger charge is 2.27. The molecule has 4 rings (SSSR count). The number of carbonyl (C=O) groups excluding carboxylic acids is 1. The summed E-state index contributed by atoms with van der Waals surface area (Å²) < 4.78 is 27.1. The van der Waals surface area contributed by atoms with E-state index in [4.69, 9.17) is 11.6 Å². The van der Waals surface area contributed by atoms with Crippen molar-refractivity contribution in [2.45, 2.75) is 19.8 Å². The van der Waals surface area contributed by atoms with Crippen LogP contribution in [-0.2, 0) is 10.0 Å². The molecule has 1 unspecified atom stereocenters. The number of nitrogens with zero attached hydrogens (tertiary/aromatic N) is 3. The molecule has 7 nitrogen and oxygen atoms in total. The summed E-state index contributed by atoms with van der Waals surface area (Å²) in [6.07, 6.45) is 2.92. The number of nitrogens with one attached hydrogen (secondary N) is 1. The van der Waals surface area contributed by atoms with Gasteiger partial charge in [0.1, 0.15) is 4.83 Å². The fourth-order valence-electron chi connectivity index (χ4n) is 3.78. The summed E-state index contributed by atoms with van der Waals surface area (Å²) in [5.74, 6) is 0.0949. The van der Waals surface area contributed by atoms with Gasteiger partial charge in [0.25, 0.3) is 5.91 Å². The fourth-order valence-corrected chi connectivity index (χ4v) is 5.68. The maximum atomic E-state index is 13.2. The van der Waals surface area contributed by atoms with Gasteiger partial charge in [-0.3, -0.25) is 4.79 Å². The molecule has 10 heteroatoms. The van der Waals surface area contributed by atoms with E-state index in [-0.39, 0.29) is 11.8 Å². The molecule has 0 saturated carbocycles. The van der Waals surface area contributed by atoms with Crippen molar-refractivity contribution in [1.29, 1.82) is 0 Å². The second-order valence-electron chi connectivity index (χ2n) is 7.66. The number of hydrogen-bond donors (Lipinski definition) is 1. The molecule has 1 fully saturated rings. The van der Waals surface area contributed by atoms with Crippen molar-refractivity contribution in [3.05, 3.63) is 45.9 Å². The Balaban J connectivity index is 1.58. The first kappa shape index (κ1) is 21.3. The lowest BCUT2D eigenvalue weighted by atomic mass is 9.98. The molecule has 1 atom stereocenters. The molecule has 1 aliphatic heterocycles. The van der Waals surface area contributed by atoms with Gasteiger partial charge in [-0.25, -0.2) is 17.8 Å². The molecule has 1 aromatic carbocycles. The minimum absolute atomic E-state index is 0.0228. The summed E-state index contributed by atoms with van der Waals surface area (Å²) in [5, 5.41) is 6.14. The Morgan fingerprint density at radius 1 is 1.37 bits per heavy atom. The quantitative estimate of drug-likeness (QED) is 0.624. The van der Waals surface area contributed by atoms with E-state index in [9.17, 15) is 13.2 Å². The lowest BCUT2D eigenvalue weighted by Crippen LogP contribution is -2.43. The Morgan fingerprint density at radius 2 is 2.13 bits per heavy atom. The highest BCUT2D eigenvalue weighted by molar-refractivity contribution is 7.88. The van der Waals surface area contributed by atoms with Gasteiger partial charge in [-0.1, -0.05) is 23.7 Å². The van der Waals surface area contributed by atoms with Crippen LogP contribution < -0.4 is 4.72 Å². The van der Waals surface area contributed by atoms with Gasteiger partial charge in [0.15, 0.2) is 0 Å². The highest BCUT2D eigenvalue weighted by atomic mass is 35.5. The summed E-state index contributed by atoms with van der Waals surface area (Å²) in [6, 6.07) is 9.39. The number of benzene rings is 1. The minimum Gasteiger partial charge on any atom is -0.338 e. The minimum atomic E-state index is -3.23. The predicted octanol–water partition coefficient (Wildman–Crippen LogP) is 3.45. The van der Waals surface area contributed by atoms with E-state index in [2.05, 4.69) is 9.82 Å². The van der Waals surface area contributed by atoms with Crippen LogP contribution in [0.4, 0.5) is 0 Å². The zero-order chi connectivity index (χ0) is 21.5. The van der Waals surface area contributed by atoms with Crippen LogP contribution >= 0.6 is 22.9 Å². The van der Waals surface area contributed by atoms with Crippen molar-refractivity contribution in [3.63, 3.8) is 0 Å². The number of halogens is 1. The molecule has 30 heavy (non-hydrogen) atoms. The lowest BCUT2D eigenvalue weighted by molar-refractivity contribution is 0.0681. The van der Waals surface area contributed by atoms with Gasteiger partial charge in [-0.05, 0) is 43.9 Å². The number of rotatable bonds is 5. The van der Waals surface area contributed by atoms with Gasteiger partial charge in [0, 0.05) is 25.0 Å². The molecule has 160 valence electrons. The third-order valence-electron chi connectivity index (χ3n) is 5.28. The van der Waals surface area contributed by atoms with E-state index in [0.29, 0.717) is 29.5 Å². The van der Waals surface area contributed by atoms with Crippen LogP contribution in [0.2, 0.25) is 5.02 Å². The normalized spacial score (nSPS) is 17.6. The van der Waals surface area contributed by atoms with E-state index in [0.717, 1.165) is 40.7 Å². The number of carbonyl (C=O) groups is 1. The Kier molecular flexibility index (Phi) is 5.89. The molecule has 0 bridgehead atoms. The number of aryl methyl sites for hydroxylation is 1. The standard InChI is InChI=1S/C20H23ClN4O3S2/c1-13-15-10-18(29-20(15)25(23-13)17-8-4-3-7-16(17)21)19(26)24-9-5-6-14(12-24)11-22-30(2,27)28/h3-4,7-8,10,14,22H,5-6,9,11-12H2,1-2H3. The van der Waals surface area contributed by atoms with Crippen LogP contribution in [0.5, 0.6) is 0 Å². The van der Waals surface area contributed by atoms with Crippen molar-refractivity contribution in [2.24, 2.45) is 5.92 Å². The monoisotopic (exact) mass is 466 g/mol. The highest BCUT2D eigenvalue weighted by Crippen LogP contribution is 2.33. The summed E-state index contributed by atoms with van der Waals surface area (Å²) in [6.45, 7) is 3.50. The number of amides is 1. The molecule has 1 N–H and O–H groups in total. The molecule has 1 aliphatic rings. The van der Waals surface area contributed by atoms with Crippen molar-refractivity contribution in [3.8, 4) is 5.69 Å². The van der Waals surface area contributed by atoms with E-state index < -0.39 is 10.0 Å². The Morgan fingerprint density at radius 3 is 2.87 bits per heavy atom. The van der Waals surface area contributed by atoms with E-state index in [1.165, 1.54) is 11.3 Å². The second-order valence-corrected chi connectivity index (χ2v) is 10.9. The summed E-state index contributed by atoms with van der Waals surface area (Å²) in [4.78, 5) is 16.5. The number of sulfonamides is 1. The molecule has 1 saturated heterocycles. The number of likely N-dealkylation sites (tertiary alicyclic amines) is 1. The summed E-state index contributed by atoms with van der Waals surface area (Å²) in [5.41, 5.74) is 1.62. The predicted molar refractivity (Wildman–Crippen MR) is 120 cm³/mol. The molecule has 3 aromatic rings. The Labute approximate surface area is 184 Å². The topological polar surface area (TPSA) is 84.3 Å². The zero-order valence-corrected chi connectivity index (χ0v) is 19.1. The molecule has 0 radical (unpaired) electrons. The molecule has 1 amide bonds. The van der Waals surface area contributed by atoms with Crippen LogP contribution in [0.1, 0.15) is 28.2 Å². The van der Waals surface area contributed by atoms with E-state index in [1.807, 2.05) is 42.2 Å². The number of hydrogen-bond acceptors (Lipinski definition) is 5. The van der Waals surface area contributed by atoms with Crippen molar-refractivity contribution in [1.82, 2.24) is 19.4 Å². The number of piperidine rings is 1. The van der Waals surface area contributed by atoms with Crippen LogP contribution in [0, 0.1) is 12.8 Å². The molecular formula is C20H23ClN4O3S2. The van der Waals surface area contributed by atoms with Gasteiger partial charge in [-0.15, -0.1) is 11.3 Å². The van der Waals surface area contributed by atoms with Crippen molar-refractivity contribution in [2.75, 3.05) is 25.9 Å². The largest absolute Gasteiger partial charge is 0.338 e. The Bertz CT molecular complexity index is 1200. The number of thiophene rings is 1. The van der Waals surface area contributed by atoms with Gasteiger partial charge < -0.3 is 4.90 Å². The van der Waals surface area contributed by atoms with E-state index in [1.54, 1.807) is 4.68 Å². The summed E-state index contributed by atoms with van der Waals surface area (Å²) >= 11 is 7.77. The fraction of sp³-hybridized carbons (Fsp3) is 0.400. The smallest absolute Gasteiger partial charge is 0.264 e. The van der Waals surface area contributed by atoms with Crippen LogP contribution in [-0.4, -0.2) is 54.9 Å².